The largest absolute Gasteiger partial charge is 0.356 e. The normalized spacial score (nSPS) is 19.4. The summed E-state index contributed by atoms with van der Waals surface area (Å²) < 4.78 is 0. The fourth-order valence-electron chi connectivity index (χ4n) is 3.82. The summed E-state index contributed by atoms with van der Waals surface area (Å²) in [5.74, 6) is 1.35. The molecule has 3 rings (SSSR count). The average Bonchev–Trinajstić information content (AvgIpc) is 3.13. The SMILES string of the molecule is O=C(CC1CCCC1)NCC1CCN(C(=O)c2cccnc2)CC1. The Morgan fingerprint density at radius 1 is 1.12 bits per heavy atom. The van der Waals surface area contributed by atoms with Crippen molar-refractivity contribution >= 4 is 11.8 Å². The van der Waals surface area contributed by atoms with Crippen LogP contribution in [0.5, 0.6) is 0 Å². The molecule has 0 atom stereocenters. The van der Waals surface area contributed by atoms with E-state index in [0.717, 1.165) is 32.5 Å². The van der Waals surface area contributed by atoms with Crippen molar-refractivity contribution in [3.8, 4) is 0 Å². The van der Waals surface area contributed by atoms with E-state index in [4.69, 9.17) is 0 Å². The van der Waals surface area contributed by atoms with Gasteiger partial charge in [0, 0.05) is 38.4 Å². The van der Waals surface area contributed by atoms with Crippen molar-refractivity contribution in [2.45, 2.75) is 44.9 Å². The summed E-state index contributed by atoms with van der Waals surface area (Å²) in [6.07, 6.45) is 10.9. The van der Waals surface area contributed by atoms with E-state index in [2.05, 4.69) is 10.3 Å². The molecule has 0 spiro atoms. The molecule has 1 aromatic rings. The molecule has 2 amide bonds. The summed E-state index contributed by atoms with van der Waals surface area (Å²) in [6.45, 7) is 2.27. The lowest BCUT2D eigenvalue weighted by Gasteiger charge is -2.32. The number of likely N-dealkylation sites (tertiary alicyclic amines) is 1. The van der Waals surface area contributed by atoms with Gasteiger partial charge in [0.25, 0.3) is 5.91 Å². The molecule has 0 unspecified atom stereocenters. The van der Waals surface area contributed by atoms with Gasteiger partial charge in [0.15, 0.2) is 0 Å². The molecule has 5 heteroatoms. The minimum absolute atomic E-state index is 0.0619. The molecule has 1 saturated heterocycles. The number of aromatic nitrogens is 1. The lowest BCUT2D eigenvalue weighted by Crippen LogP contribution is -2.41. The van der Waals surface area contributed by atoms with Crippen LogP contribution in [-0.4, -0.2) is 41.3 Å². The summed E-state index contributed by atoms with van der Waals surface area (Å²) in [4.78, 5) is 30.3. The second kappa shape index (κ2) is 8.27. The smallest absolute Gasteiger partial charge is 0.255 e. The zero-order valence-electron chi connectivity index (χ0n) is 14.2. The Hall–Kier alpha value is -1.91. The quantitative estimate of drug-likeness (QED) is 0.903. The highest BCUT2D eigenvalue weighted by atomic mass is 16.2. The van der Waals surface area contributed by atoms with Gasteiger partial charge >= 0.3 is 0 Å². The first-order valence-electron chi connectivity index (χ1n) is 9.18. The van der Waals surface area contributed by atoms with Crippen molar-refractivity contribution in [1.82, 2.24) is 15.2 Å². The topological polar surface area (TPSA) is 62.3 Å². The molecule has 0 radical (unpaired) electrons. The molecule has 2 fully saturated rings. The van der Waals surface area contributed by atoms with Gasteiger partial charge in [-0.2, -0.15) is 0 Å². The van der Waals surface area contributed by atoms with Gasteiger partial charge in [-0.1, -0.05) is 12.8 Å². The zero-order valence-corrected chi connectivity index (χ0v) is 14.2. The monoisotopic (exact) mass is 329 g/mol. The summed E-state index contributed by atoms with van der Waals surface area (Å²) in [5, 5.41) is 3.10. The molecule has 5 nitrogen and oxygen atoms in total. The van der Waals surface area contributed by atoms with E-state index < -0.39 is 0 Å². The first-order chi connectivity index (χ1) is 11.7. The van der Waals surface area contributed by atoms with Gasteiger partial charge in [-0.25, -0.2) is 0 Å². The molecule has 1 aliphatic carbocycles. The number of piperidine rings is 1. The Morgan fingerprint density at radius 2 is 1.88 bits per heavy atom. The Kier molecular flexibility index (Phi) is 5.83. The number of nitrogens with one attached hydrogen (secondary N) is 1. The van der Waals surface area contributed by atoms with Gasteiger partial charge in [-0.3, -0.25) is 14.6 Å². The maximum absolute atomic E-state index is 12.4. The summed E-state index contributed by atoms with van der Waals surface area (Å²) in [7, 11) is 0. The number of carbonyl (C=O) groups excluding carboxylic acids is 2. The van der Waals surface area contributed by atoms with Gasteiger partial charge < -0.3 is 10.2 Å². The second-order valence-electron chi connectivity index (χ2n) is 7.14. The highest BCUT2D eigenvalue weighted by molar-refractivity contribution is 5.93. The first kappa shape index (κ1) is 16.9. The fourth-order valence-corrected chi connectivity index (χ4v) is 3.82. The van der Waals surface area contributed by atoms with E-state index in [-0.39, 0.29) is 11.8 Å². The summed E-state index contributed by atoms with van der Waals surface area (Å²) in [5.41, 5.74) is 0.654. The maximum Gasteiger partial charge on any atom is 0.255 e. The third kappa shape index (κ3) is 4.56. The van der Waals surface area contributed by atoms with E-state index in [1.807, 2.05) is 11.0 Å². The van der Waals surface area contributed by atoms with E-state index in [1.165, 1.54) is 25.7 Å². The average molecular weight is 329 g/mol. The van der Waals surface area contributed by atoms with Crippen LogP contribution in [0.1, 0.15) is 55.3 Å². The van der Waals surface area contributed by atoms with Crippen LogP contribution in [0.3, 0.4) is 0 Å². The molecular formula is C19H27N3O2. The predicted octanol–water partition coefficient (Wildman–Crippen LogP) is 2.63. The van der Waals surface area contributed by atoms with Gasteiger partial charge in [0.2, 0.25) is 5.91 Å². The predicted molar refractivity (Wildman–Crippen MR) is 92.4 cm³/mol. The van der Waals surface area contributed by atoms with Crippen molar-refractivity contribution in [2.75, 3.05) is 19.6 Å². The van der Waals surface area contributed by atoms with Crippen LogP contribution < -0.4 is 5.32 Å². The van der Waals surface area contributed by atoms with Crippen molar-refractivity contribution in [1.29, 1.82) is 0 Å². The Morgan fingerprint density at radius 3 is 2.54 bits per heavy atom. The van der Waals surface area contributed by atoms with Crippen molar-refractivity contribution < 1.29 is 9.59 Å². The molecule has 1 aromatic heterocycles. The summed E-state index contributed by atoms with van der Waals surface area (Å²) in [6, 6.07) is 3.60. The standard InChI is InChI=1S/C19H27N3O2/c23-18(12-15-4-1-2-5-15)21-13-16-7-10-22(11-8-16)19(24)17-6-3-9-20-14-17/h3,6,9,14-16H,1-2,4-5,7-8,10-13H2,(H,21,23). The van der Waals surface area contributed by atoms with Crippen LogP contribution >= 0.6 is 0 Å². The van der Waals surface area contributed by atoms with Gasteiger partial charge in [-0.15, -0.1) is 0 Å². The third-order valence-corrected chi connectivity index (χ3v) is 5.35. The van der Waals surface area contributed by atoms with Gasteiger partial charge in [0.1, 0.15) is 0 Å². The highest BCUT2D eigenvalue weighted by Crippen LogP contribution is 2.27. The van der Waals surface area contributed by atoms with E-state index in [9.17, 15) is 9.59 Å². The lowest BCUT2D eigenvalue weighted by atomic mass is 9.96. The molecular weight excluding hydrogens is 302 g/mol. The molecule has 1 aliphatic heterocycles. The number of hydrogen-bond acceptors (Lipinski definition) is 3. The van der Waals surface area contributed by atoms with Crippen molar-refractivity contribution in [3.05, 3.63) is 30.1 Å². The van der Waals surface area contributed by atoms with E-state index >= 15 is 0 Å². The molecule has 2 aliphatic rings. The molecule has 0 bridgehead atoms. The molecule has 2 heterocycles. The minimum Gasteiger partial charge on any atom is -0.356 e. The minimum atomic E-state index is 0.0619. The lowest BCUT2D eigenvalue weighted by molar-refractivity contribution is -0.122. The number of pyridine rings is 1. The summed E-state index contributed by atoms with van der Waals surface area (Å²) >= 11 is 0. The number of rotatable bonds is 5. The van der Waals surface area contributed by atoms with Crippen LogP contribution in [0, 0.1) is 11.8 Å². The van der Waals surface area contributed by atoms with E-state index in [0.29, 0.717) is 23.8 Å². The Bertz CT molecular complexity index is 547. The molecule has 130 valence electrons. The molecule has 1 N–H and O–H groups in total. The van der Waals surface area contributed by atoms with Crippen LogP contribution in [0.15, 0.2) is 24.5 Å². The van der Waals surface area contributed by atoms with E-state index in [1.54, 1.807) is 18.5 Å². The fraction of sp³-hybridized carbons (Fsp3) is 0.632. The number of hydrogen-bond donors (Lipinski definition) is 1. The number of amides is 2. The second-order valence-corrected chi connectivity index (χ2v) is 7.14. The van der Waals surface area contributed by atoms with Crippen LogP contribution in [0.2, 0.25) is 0 Å². The van der Waals surface area contributed by atoms with Gasteiger partial charge in [0.05, 0.1) is 5.56 Å². The zero-order chi connectivity index (χ0) is 16.8. The number of carbonyl (C=O) groups is 2. The molecule has 24 heavy (non-hydrogen) atoms. The first-order valence-corrected chi connectivity index (χ1v) is 9.18. The van der Waals surface area contributed by atoms with Crippen LogP contribution in [0.25, 0.3) is 0 Å². The Labute approximate surface area is 143 Å². The maximum atomic E-state index is 12.4. The number of nitrogens with zero attached hydrogens (tertiary/aromatic N) is 2. The van der Waals surface area contributed by atoms with Crippen molar-refractivity contribution in [3.63, 3.8) is 0 Å². The third-order valence-electron chi connectivity index (χ3n) is 5.35. The van der Waals surface area contributed by atoms with Crippen LogP contribution in [-0.2, 0) is 4.79 Å². The molecule has 1 saturated carbocycles. The molecule has 0 aromatic carbocycles. The highest BCUT2D eigenvalue weighted by Gasteiger charge is 2.24. The van der Waals surface area contributed by atoms with Crippen LogP contribution in [0.4, 0.5) is 0 Å². The van der Waals surface area contributed by atoms with Crippen molar-refractivity contribution in [2.24, 2.45) is 11.8 Å². The Balaban J connectivity index is 1.37. The van der Waals surface area contributed by atoms with Gasteiger partial charge in [-0.05, 0) is 49.7 Å².